The van der Waals surface area contributed by atoms with E-state index in [-0.39, 0.29) is 0 Å². The van der Waals surface area contributed by atoms with Gasteiger partial charge in [0, 0.05) is 0 Å². The molecule has 4 rings (SSSR count). The highest BCUT2D eigenvalue weighted by Gasteiger charge is 2.27. The maximum absolute atomic E-state index is 2.41. The van der Waals surface area contributed by atoms with E-state index in [1.165, 1.54) is 44.8 Å². The van der Waals surface area contributed by atoms with E-state index >= 15 is 0 Å². The minimum absolute atomic E-state index is 0.503. The number of hydrogen-bond donors (Lipinski definition) is 0. The fraction of sp³-hybridized carbons (Fsp3) is 0.240. The number of imidazole rings is 1. The molecule has 0 atom stereocenters. The van der Waals surface area contributed by atoms with Crippen LogP contribution >= 0.6 is 0 Å². The molecule has 27 heavy (non-hydrogen) atoms. The van der Waals surface area contributed by atoms with E-state index in [9.17, 15) is 0 Å². The van der Waals surface area contributed by atoms with Crippen LogP contribution in [0, 0.1) is 13.8 Å². The third-order valence-corrected chi connectivity index (χ3v) is 5.45. The number of aromatic nitrogens is 2. The molecule has 0 bridgehead atoms. The van der Waals surface area contributed by atoms with Gasteiger partial charge in [0.1, 0.15) is 5.69 Å². The standard InChI is InChI=1S/C25H27N2/c1-17(2)20-13-14-23-24(16-20)27(21-9-7-6-8-10-21)25(26(23)5)22-15-18(3)11-12-19(22)4/h6-17H,1-5H3/q+1. The van der Waals surface area contributed by atoms with E-state index in [1.807, 2.05) is 0 Å². The topological polar surface area (TPSA) is 8.81 Å². The highest BCUT2D eigenvalue weighted by molar-refractivity contribution is 5.80. The molecule has 0 fully saturated rings. The zero-order valence-corrected chi connectivity index (χ0v) is 16.8. The van der Waals surface area contributed by atoms with Gasteiger partial charge >= 0.3 is 0 Å². The Balaban J connectivity index is 2.15. The molecule has 3 aromatic carbocycles. The van der Waals surface area contributed by atoms with Crippen molar-refractivity contribution in [3.63, 3.8) is 0 Å². The van der Waals surface area contributed by atoms with Crippen molar-refractivity contribution >= 4 is 11.0 Å². The van der Waals surface area contributed by atoms with Crippen LogP contribution in [-0.2, 0) is 7.05 Å². The quantitative estimate of drug-likeness (QED) is 0.407. The molecule has 0 radical (unpaired) electrons. The molecule has 0 N–H and O–H groups in total. The minimum Gasteiger partial charge on any atom is -0.225 e. The normalized spacial score (nSPS) is 11.5. The number of fused-ring (bicyclic) bond motifs is 1. The van der Waals surface area contributed by atoms with Gasteiger partial charge in [-0.15, -0.1) is 0 Å². The molecule has 2 heteroatoms. The number of rotatable bonds is 3. The van der Waals surface area contributed by atoms with Gasteiger partial charge in [-0.05, 0) is 61.2 Å². The van der Waals surface area contributed by atoms with Crippen LogP contribution in [0.5, 0.6) is 0 Å². The molecule has 0 spiro atoms. The second-order valence-electron chi connectivity index (χ2n) is 7.77. The van der Waals surface area contributed by atoms with Gasteiger partial charge in [0.05, 0.1) is 12.6 Å². The molecular weight excluding hydrogens is 328 g/mol. The molecule has 2 nitrogen and oxygen atoms in total. The molecule has 0 saturated carbocycles. The smallest absolute Gasteiger partial charge is 0.225 e. The number of aryl methyl sites for hydroxylation is 3. The van der Waals surface area contributed by atoms with Gasteiger partial charge in [-0.1, -0.05) is 55.8 Å². The van der Waals surface area contributed by atoms with Crippen molar-refractivity contribution < 1.29 is 4.57 Å². The Morgan fingerprint density at radius 2 is 1.59 bits per heavy atom. The summed E-state index contributed by atoms with van der Waals surface area (Å²) in [6.45, 7) is 8.86. The van der Waals surface area contributed by atoms with Crippen molar-refractivity contribution in [2.75, 3.05) is 0 Å². The van der Waals surface area contributed by atoms with Gasteiger partial charge in [0.2, 0.25) is 0 Å². The summed E-state index contributed by atoms with van der Waals surface area (Å²) in [7, 11) is 2.17. The Bertz CT molecular complexity index is 1120. The summed E-state index contributed by atoms with van der Waals surface area (Å²) in [6.07, 6.45) is 0. The summed E-state index contributed by atoms with van der Waals surface area (Å²) in [5.74, 6) is 1.72. The lowest BCUT2D eigenvalue weighted by Crippen LogP contribution is -2.30. The van der Waals surface area contributed by atoms with Crippen LogP contribution in [0.25, 0.3) is 28.1 Å². The second kappa shape index (κ2) is 6.70. The predicted octanol–water partition coefficient (Wildman–Crippen LogP) is 5.86. The molecule has 0 aliphatic heterocycles. The lowest BCUT2D eigenvalue weighted by atomic mass is 10.0. The van der Waals surface area contributed by atoms with Gasteiger partial charge in [-0.3, -0.25) is 0 Å². The highest BCUT2D eigenvalue weighted by atomic mass is 15.2. The van der Waals surface area contributed by atoms with Crippen LogP contribution in [0.15, 0.2) is 66.7 Å². The van der Waals surface area contributed by atoms with Crippen molar-refractivity contribution in [1.82, 2.24) is 4.57 Å². The third-order valence-electron chi connectivity index (χ3n) is 5.45. The molecule has 0 saturated heterocycles. The minimum atomic E-state index is 0.503. The molecule has 1 heterocycles. The summed E-state index contributed by atoms with van der Waals surface area (Å²) in [5, 5.41) is 0. The molecule has 0 amide bonds. The molecular formula is C25H27N2+. The van der Waals surface area contributed by atoms with E-state index in [2.05, 4.69) is 111 Å². The van der Waals surface area contributed by atoms with Crippen molar-refractivity contribution in [2.45, 2.75) is 33.6 Å². The van der Waals surface area contributed by atoms with E-state index in [0.717, 1.165) is 0 Å². The molecule has 0 aliphatic rings. The summed E-state index contributed by atoms with van der Waals surface area (Å²) in [4.78, 5) is 0. The first-order chi connectivity index (χ1) is 13.0. The first kappa shape index (κ1) is 17.5. The zero-order valence-electron chi connectivity index (χ0n) is 16.8. The lowest BCUT2D eigenvalue weighted by Gasteiger charge is -2.08. The van der Waals surface area contributed by atoms with Gasteiger partial charge in [0.15, 0.2) is 11.0 Å². The monoisotopic (exact) mass is 355 g/mol. The highest BCUT2D eigenvalue weighted by Crippen LogP contribution is 2.31. The Morgan fingerprint density at radius 1 is 0.852 bits per heavy atom. The Hall–Kier alpha value is -2.87. The summed E-state index contributed by atoms with van der Waals surface area (Å²) in [6, 6.07) is 24.3. The molecule has 0 unspecified atom stereocenters. The number of hydrogen-bond acceptors (Lipinski definition) is 0. The Labute approximate surface area is 161 Å². The Morgan fingerprint density at radius 3 is 2.30 bits per heavy atom. The van der Waals surface area contributed by atoms with Gasteiger partial charge in [-0.25, -0.2) is 4.57 Å². The molecule has 1 aromatic heterocycles. The van der Waals surface area contributed by atoms with Crippen LogP contribution in [0.3, 0.4) is 0 Å². The fourth-order valence-electron chi connectivity index (χ4n) is 3.86. The number of para-hydroxylation sites is 1. The number of benzene rings is 3. The van der Waals surface area contributed by atoms with Crippen molar-refractivity contribution in [3.05, 3.63) is 83.4 Å². The maximum atomic E-state index is 2.41. The van der Waals surface area contributed by atoms with Gasteiger partial charge in [0.25, 0.3) is 5.82 Å². The molecule has 136 valence electrons. The second-order valence-corrected chi connectivity index (χ2v) is 7.77. The average molecular weight is 356 g/mol. The van der Waals surface area contributed by atoms with Crippen molar-refractivity contribution in [2.24, 2.45) is 7.05 Å². The molecule has 0 aliphatic carbocycles. The van der Waals surface area contributed by atoms with Crippen LogP contribution in [0.1, 0.15) is 36.5 Å². The third kappa shape index (κ3) is 2.95. The van der Waals surface area contributed by atoms with Gasteiger partial charge < -0.3 is 0 Å². The van der Waals surface area contributed by atoms with Crippen LogP contribution in [0.4, 0.5) is 0 Å². The SMILES string of the molecule is Cc1ccc(C)c(-c2n(-c3ccccc3)c3cc(C(C)C)ccc3[n+]2C)c1. The first-order valence-electron chi connectivity index (χ1n) is 9.65. The maximum Gasteiger partial charge on any atom is 0.295 e. The number of nitrogens with zero attached hydrogens (tertiary/aromatic N) is 2. The van der Waals surface area contributed by atoms with Crippen LogP contribution in [-0.4, -0.2) is 4.57 Å². The van der Waals surface area contributed by atoms with E-state index in [0.29, 0.717) is 5.92 Å². The van der Waals surface area contributed by atoms with Crippen molar-refractivity contribution in [3.8, 4) is 17.1 Å². The summed E-state index contributed by atoms with van der Waals surface area (Å²) < 4.78 is 4.73. The van der Waals surface area contributed by atoms with Crippen molar-refractivity contribution in [1.29, 1.82) is 0 Å². The largest absolute Gasteiger partial charge is 0.295 e. The van der Waals surface area contributed by atoms with E-state index in [4.69, 9.17) is 0 Å². The van der Waals surface area contributed by atoms with Crippen LogP contribution < -0.4 is 4.57 Å². The molecule has 4 aromatic rings. The summed E-state index contributed by atoms with van der Waals surface area (Å²) >= 11 is 0. The zero-order chi connectivity index (χ0) is 19.1. The average Bonchev–Trinajstić information content (AvgIpc) is 2.96. The summed E-state index contributed by atoms with van der Waals surface area (Å²) in [5.41, 5.74) is 8.92. The predicted molar refractivity (Wildman–Crippen MR) is 113 cm³/mol. The van der Waals surface area contributed by atoms with Gasteiger partial charge in [-0.2, -0.15) is 4.57 Å². The van der Waals surface area contributed by atoms with Crippen LogP contribution in [0.2, 0.25) is 0 Å². The fourth-order valence-corrected chi connectivity index (χ4v) is 3.86. The lowest BCUT2D eigenvalue weighted by molar-refractivity contribution is -0.633. The first-order valence-corrected chi connectivity index (χ1v) is 9.65. The van der Waals surface area contributed by atoms with E-state index < -0.39 is 0 Å². The van der Waals surface area contributed by atoms with E-state index in [1.54, 1.807) is 0 Å². The Kier molecular flexibility index (Phi) is 4.35.